The van der Waals surface area contributed by atoms with Crippen molar-refractivity contribution in [2.75, 3.05) is 7.11 Å². The van der Waals surface area contributed by atoms with Crippen molar-refractivity contribution < 1.29 is 14.6 Å². The van der Waals surface area contributed by atoms with E-state index in [9.17, 15) is 9.59 Å². The first-order valence-electron chi connectivity index (χ1n) is 5.23. The Hall–Kier alpha value is -2.50. The summed E-state index contributed by atoms with van der Waals surface area (Å²) in [4.78, 5) is 22.5. The van der Waals surface area contributed by atoms with Crippen LogP contribution in [0.4, 0.5) is 0 Å². The number of aromatic nitrogens is 2. The van der Waals surface area contributed by atoms with E-state index in [1.165, 1.54) is 7.11 Å². The van der Waals surface area contributed by atoms with Crippen LogP contribution < -0.4 is 10.3 Å². The molecule has 0 aliphatic rings. The van der Waals surface area contributed by atoms with Crippen molar-refractivity contribution in [3.63, 3.8) is 0 Å². The third-order valence-corrected chi connectivity index (χ3v) is 2.53. The number of nitrogens with zero attached hydrogens (tertiary/aromatic N) is 1. The molecule has 0 aliphatic heterocycles. The van der Waals surface area contributed by atoms with E-state index in [0.29, 0.717) is 11.4 Å². The average Bonchev–Trinajstić information content (AvgIpc) is 2.71. The Bertz CT molecular complexity index is 654. The summed E-state index contributed by atoms with van der Waals surface area (Å²) in [7, 11) is 1.49. The molecule has 0 radical (unpaired) electrons. The molecule has 6 heteroatoms. The molecule has 1 heterocycles. The lowest BCUT2D eigenvalue weighted by atomic mass is 10.2. The van der Waals surface area contributed by atoms with E-state index in [2.05, 4.69) is 5.10 Å². The first kappa shape index (κ1) is 12.0. The van der Waals surface area contributed by atoms with E-state index in [0.717, 1.165) is 16.3 Å². The highest BCUT2D eigenvalue weighted by Gasteiger charge is 2.13. The van der Waals surface area contributed by atoms with Gasteiger partial charge in [-0.25, -0.2) is 9.48 Å². The standard InChI is InChI=1S/C12H12N2O4/c1-7-3-4-10(18-2)9(5-7)14-11(15)6-8(13-14)12(16)17/h3-6,13H,1-2H3,(H,16,17). The third-order valence-electron chi connectivity index (χ3n) is 2.53. The van der Waals surface area contributed by atoms with E-state index < -0.39 is 11.5 Å². The Labute approximate surface area is 102 Å². The number of benzene rings is 1. The van der Waals surface area contributed by atoms with Crippen LogP contribution in [0.1, 0.15) is 16.1 Å². The van der Waals surface area contributed by atoms with Crippen LogP contribution in [0.25, 0.3) is 5.69 Å². The van der Waals surface area contributed by atoms with Gasteiger partial charge in [-0.1, -0.05) is 6.07 Å². The number of carboxylic acids is 1. The molecule has 2 N–H and O–H groups in total. The summed E-state index contributed by atoms with van der Waals surface area (Å²) in [5, 5.41) is 11.4. The smallest absolute Gasteiger partial charge is 0.353 e. The Kier molecular flexibility index (Phi) is 2.93. The molecule has 2 rings (SSSR count). The fraction of sp³-hybridized carbons (Fsp3) is 0.167. The molecule has 0 spiro atoms. The lowest BCUT2D eigenvalue weighted by molar-refractivity contribution is 0.0690. The van der Waals surface area contributed by atoms with Crippen LogP contribution >= 0.6 is 0 Å². The second-order valence-electron chi connectivity index (χ2n) is 3.82. The Morgan fingerprint density at radius 1 is 1.39 bits per heavy atom. The van der Waals surface area contributed by atoms with Gasteiger partial charge in [0.2, 0.25) is 0 Å². The molecule has 0 saturated heterocycles. The van der Waals surface area contributed by atoms with E-state index in [1.54, 1.807) is 12.1 Å². The summed E-state index contributed by atoms with van der Waals surface area (Å²) in [6.45, 7) is 1.87. The van der Waals surface area contributed by atoms with Crippen LogP contribution in [0.5, 0.6) is 5.75 Å². The van der Waals surface area contributed by atoms with Crippen molar-refractivity contribution >= 4 is 5.97 Å². The number of methoxy groups -OCH3 is 1. The zero-order valence-corrected chi connectivity index (χ0v) is 9.93. The van der Waals surface area contributed by atoms with Gasteiger partial charge in [0.1, 0.15) is 17.1 Å². The molecule has 0 bridgehead atoms. The van der Waals surface area contributed by atoms with Crippen molar-refractivity contribution in [1.82, 2.24) is 9.78 Å². The average molecular weight is 248 g/mol. The number of ether oxygens (including phenoxy) is 1. The number of hydrogen-bond donors (Lipinski definition) is 2. The van der Waals surface area contributed by atoms with E-state index in [1.807, 2.05) is 13.0 Å². The highest BCUT2D eigenvalue weighted by atomic mass is 16.5. The lowest BCUT2D eigenvalue weighted by Gasteiger charge is -2.09. The topological polar surface area (TPSA) is 84.3 Å². The second-order valence-corrected chi connectivity index (χ2v) is 3.82. The summed E-state index contributed by atoms with van der Waals surface area (Å²) >= 11 is 0. The van der Waals surface area contributed by atoms with Gasteiger partial charge >= 0.3 is 5.97 Å². The summed E-state index contributed by atoms with van der Waals surface area (Å²) in [5.74, 6) is -0.695. The summed E-state index contributed by atoms with van der Waals surface area (Å²) in [6.07, 6.45) is 0. The molecule has 1 aromatic heterocycles. The number of H-pyrrole nitrogens is 1. The summed E-state index contributed by atoms with van der Waals surface area (Å²) in [5.41, 5.74) is 0.805. The van der Waals surface area contributed by atoms with Crippen LogP contribution in [0.3, 0.4) is 0 Å². The first-order valence-corrected chi connectivity index (χ1v) is 5.23. The zero-order chi connectivity index (χ0) is 13.3. The van der Waals surface area contributed by atoms with Gasteiger partial charge in [-0.3, -0.25) is 9.89 Å². The second kappa shape index (κ2) is 4.40. The van der Waals surface area contributed by atoms with Gasteiger partial charge in [-0.05, 0) is 24.6 Å². The largest absolute Gasteiger partial charge is 0.494 e. The minimum Gasteiger partial charge on any atom is -0.494 e. The van der Waals surface area contributed by atoms with Crippen molar-refractivity contribution in [3.05, 3.63) is 45.9 Å². The van der Waals surface area contributed by atoms with E-state index in [-0.39, 0.29) is 5.69 Å². The van der Waals surface area contributed by atoms with Crippen LogP contribution in [-0.2, 0) is 0 Å². The SMILES string of the molecule is COc1ccc(C)cc1-n1[nH]c(C(=O)O)cc1=O. The maximum atomic E-state index is 11.7. The van der Waals surface area contributed by atoms with Gasteiger partial charge in [-0.15, -0.1) is 0 Å². The summed E-state index contributed by atoms with van der Waals surface area (Å²) in [6, 6.07) is 6.33. The van der Waals surface area contributed by atoms with Crippen LogP contribution in [0, 0.1) is 6.92 Å². The number of nitrogens with one attached hydrogen (secondary N) is 1. The molecule has 18 heavy (non-hydrogen) atoms. The quantitative estimate of drug-likeness (QED) is 0.854. The number of aromatic amines is 1. The van der Waals surface area contributed by atoms with Crippen LogP contribution in [0.2, 0.25) is 0 Å². The highest BCUT2D eigenvalue weighted by molar-refractivity contribution is 5.85. The molecular formula is C12H12N2O4. The predicted octanol–water partition coefficient (Wildman–Crippen LogP) is 1.18. The normalized spacial score (nSPS) is 10.3. The van der Waals surface area contributed by atoms with Gasteiger partial charge in [0.05, 0.1) is 7.11 Å². The number of carbonyl (C=O) groups is 1. The molecule has 0 atom stereocenters. The number of aryl methyl sites for hydroxylation is 1. The van der Waals surface area contributed by atoms with Crippen molar-refractivity contribution in [3.8, 4) is 11.4 Å². The molecule has 0 unspecified atom stereocenters. The number of aromatic carboxylic acids is 1. The van der Waals surface area contributed by atoms with E-state index in [4.69, 9.17) is 9.84 Å². The molecule has 6 nitrogen and oxygen atoms in total. The van der Waals surface area contributed by atoms with Crippen LogP contribution in [-0.4, -0.2) is 28.0 Å². The minimum atomic E-state index is -1.18. The van der Waals surface area contributed by atoms with Crippen molar-refractivity contribution in [1.29, 1.82) is 0 Å². The Morgan fingerprint density at radius 3 is 2.67 bits per heavy atom. The maximum absolute atomic E-state index is 11.7. The lowest BCUT2D eigenvalue weighted by Crippen LogP contribution is -2.14. The van der Waals surface area contributed by atoms with Crippen LogP contribution in [0.15, 0.2) is 29.1 Å². The fourth-order valence-electron chi connectivity index (χ4n) is 1.66. The first-order chi connectivity index (χ1) is 8.52. The molecule has 94 valence electrons. The summed E-state index contributed by atoms with van der Waals surface area (Å²) < 4.78 is 6.30. The molecule has 0 fully saturated rings. The predicted molar refractivity (Wildman–Crippen MR) is 64.6 cm³/mol. The minimum absolute atomic E-state index is 0.163. The molecule has 0 amide bonds. The highest BCUT2D eigenvalue weighted by Crippen LogP contribution is 2.22. The number of carboxylic acid groups (broad SMARTS) is 1. The fourth-order valence-corrected chi connectivity index (χ4v) is 1.66. The van der Waals surface area contributed by atoms with Gasteiger partial charge in [0.15, 0.2) is 0 Å². The number of rotatable bonds is 3. The third kappa shape index (κ3) is 2.00. The van der Waals surface area contributed by atoms with Gasteiger partial charge in [0, 0.05) is 6.07 Å². The van der Waals surface area contributed by atoms with Gasteiger partial charge in [0.25, 0.3) is 5.56 Å². The molecule has 0 aliphatic carbocycles. The number of hydrogen-bond acceptors (Lipinski definition) is 3. The van der Waals surface area contributed by atoms with Crippen molar-refractivity contribution in [2.24, 2.45) is 0 Å². The van der Waals surface area contributed by atoms with Gasteiger partial charge < -0.3 is 9.84 Å². The van der Waals surface area contributed by atoms with Gasteiger partial charge in [-0.2, -0.15) is 0 Å². The Morgan fingerprint density at radius 2 is 2.11 bits per heavy atom. The zero-order valence-electron chi connectivity index (χ0n) is 9.93. The molecule has 1 aromatic carbocycles. The molecule has 2 aromatic rings. The van der Waals surface area contributed by atoms with E-state index >= 15 is 0 Å². The maximum Gasteiger partial charge on any atom is 0.353 e. The molecular weight excluding hydrogens is 236 g/mol. The Balaban J connectivity index is 2.64. The van der Waals surface area contributed by atoms with Crippen molar-refractivity contribution in [2.45, 2.75) is 6.92 Å². The monoisotopic (exact) mass is 248 g/mol. The molecule has 0 saturated carbocycles.